The molecule has 0 heterocycles. The van der Waals surface area contributed by atoms with Gasteiger partial charge in [-0.2, -0.15) is 0 Å². The molecule has 0 aliphatic rings. The lowest BCUT2D eigenvalue weighted by Crippen LogP contribution is -2.28. The highest BCUT2D eigenvalue weighted by atomic mass is 16.6. The molecule has 5 nitrogen and oxygen atoms in total. The van der Waals surface area contributed by atoms with Crippen LogP contribution in [0, 0.1) is 10.1 Å². The van der Waals surface area contributed by atoms with Gasteiger partial charge in [0.25, 0.3) is 11.6 Å². The van der Waals surface area contributed by atoms with Crippen molar-refractivity contribution in [1.82, 2.24) is 5.32 Å². The number of non-ortho nitro benzene ring substituents is 1. The highest BCUT2D eigenvalue weighted by Crippen LogP contribution is 2.22. The lowest BCUT2D eigenvalue weighted by atomic mass is 9.99. The maximum atomic E-state index is 13.0. The molecule has 0 saturated heterocycles. The molecule has 1 unspecified atom stereocenters. The second-order valence-corrected chi connectivity index (χ2v) is 6.80. The van der Waals surface area contributed by atoms with Crippen LogP contribution in [0.2, 0.25) is 0 Å². The zero-order valence-electron chi connectivity index (χ0n) is 16.1. The van der Waals surface area contributed by atoms with Gasteiger partial charge in [0.1, 0.15) is 0 Å². The first-order valence-corrected chi connectivity index (χ1v) is 9.39. The van der Waals surface area contributed by atoms with Crippen molar-refractivity contribution in [3.05, 3.63) is 112 Å². The quantitative estimate of drug-likeness (QED) is 0.267. The molecule has 3 rings (SSSR count). The van der Waals surface area contributed by atoms with Gasteiger partial charge in [-0.25, -0.2) is 0 Å². The van der Waals surface area contributed by atoms with Crippen LogP contribution in [0.4, 0.5) is 5.69 Å². The van der Waals surface area contributed by atoms with Crippen LogP contribution >= 0.6 is 0 Å². The molecule has 29 heavy (non-hydrogen) atoms. The first kappa shape index (κ1) is 20.0. The number of nitro groups is 1. The molecular formula is C24H22N2O3. The summed E-state index contributed by atoms with van der Waals surface area (Å²) in [6.07, 6.45) is 1.69. The fourth-order valence-electron chi connectivity index (χ4n) is 3.03. The fraction of sp³-hybridized carbons (Fsp3) is 0.125. The average Bonchev–Trinajstić information content (AvgIpc) is 2.77. The van der Waals surface area contributed by atoms with Crippen LogP contribution in [0.5, 0.6) is 0 Å². The Morgan fingerprint density at radius 2 is 1.66 bits per heavy atom. The number of nitro benzene ring substituents is 1. The van der Waals surface area contributed by atoms with Gasteiger partial charge in [-0.1, -0.05) is 79.7 Å². The van der Waals surface area contributed by atoms with Gasteiger partial charge in [-0.15, -0.1) is 0 Å². The van der Waals surface area contributed by atoms with Crippen molar-refractivity contribution in [2.75, 3.05) is 6.54 Å². The molecular weight excluding hydrogens is 364 g/mol. The number of hydrogen-bond acceptors (Lipinski definition) is 3. The summed E-state index contributed by atoms with van der Waals surface area (Å²) in [4.78, 5) is 23.6. The Morgan fingerprint density at radius 3 is 2.31 bits per heavy atom. The molecule has 3 aromatic rings. The van der Waals surface area contributed by atoms with Gasteiger partial charge in [0.2, 0.25) is 0 Å². The monoisotopic (exact) mass is 386 g/mol. The zero-order valence-corrected chi connectivity index (χ0v) is 16.1. The van der Waals surface area contributed by atoms with Crippen molar-refractivity contribution in [1.29, 1.82) is 0 Å². The van der Waals surface area contributed by atoms with Gasteiger partial charge in [-0.05, 0) is 28.7 Å². The van der Waals surface area contributed by atoms with Crippen molar-refractivity contribution in [2.24, 2.45) is 0 Å². The van der Waals surface area contributed by atoms with Gasteiger partial charge < -0.3 is 5.32 Å². The van der Waals surface area contributed by atoms with Crippen LogP contribution in [0.25, 0.3) is 11.6 Å². The molecule has 146 valence electrons. The smallest absolute Gasteiger partial charge is 0.270 e. The summed E-state index contributed by atoms with van der Waals surface area (Å²) < 4.78 is 0. The second-order valence-electron chi connectivity index (χ2n) is 6.80. The van der Waals surface area contributed by atoms with Gasteiger partial charge in [0, 0.05) is 24.3 Å². The van der Waals surface area contributed by atoms with Crippen molar-refractivity contribution in [3.8, 4) is 0 Å². The molecule has 3 aromatic carbocycles. The SMILES string of the molecule is CC(CNC(=O)/C(=C/c1cccc([N+](=O)[O-])c1)c1ccccc1)c1ccccc1. The van der Waals surface area contributed by atoms with Crippen molar-refractivity contribution < 1.29 is 9.72 Å². The van der Waals surface area contributed by atoms with Crippen molar-refractivity contribution in [2.45, 2.75) is 12.8 Å². The Bertz CT molecular complexity index is 1010. The highest BCUT2D eigenvalue weighted by Gasteiger charge is 2.15. The number of amides is 1. The summed E-state index contributed by atoms with van der Waals surface area (Å²) in [5, 5.41) is 14.1. The summed E-state index contributed by atoms with van der Waals surface area (Å²) in [7, 11) is 0. The van der Waals surface area contributed by atoms with Crippen molar-refractivity contribution in [3.63, 3.8) is 0 Å². The maximum Gasteiger partial charge on any atom is 0.270 e. The molecule has 0 fully saturated rings. The Kier molecular flexibility index (Phi) is 6.53. The Hall–Kier alpha value is -3.73. The van der Waals surface area contributed by atoms with Crippen LogP contribution in [0.15, 0.2) is 84.9 Å². The average molecular weight is 386 g/mol. The number of hydrogen-bond donors (Lipinski definition) is 1. The normalized spacial score (nSPS) is 12.2. The number of rotatable bonds is 7. The first-order chi connectivity index (χ1) is 14.0. The van der Waals surface area contributed by atoms with E-state index in [9.17, 15) is 14.9 Å². The highest BCUT2D eigenvalue weighted by molar-refractivity contribution is 6.24. The molecule has 0 bridgehead atoms. The second kappa shape index (κ2) is 9.46. The molecule has 5 heteroatoms. The third-order valence-corrected chi connectivity index (χ3v) is 4.66. The van der Waals surface area contributed by atoms with Gasteiger partial charge >= 0.3 is 0 Å². The van der Waals surface area contributed by atoms with Gasteiger partial charge in [0.15, 0.2) is 0 Å². The van der Waals surface area contributed by atoms with E-state index < -0.39 is 4.92 Å². The molecule has 1 amide bonds. The Labute approximate surface area is 169 Å². The minimum atomic E-state index is -0.443. The third kappa shape index (κ3) is 5.39. The predicted molar refractivity (Wildman–Crippen MR) is 115 cm³/mol. The summed E-state index contributed by atoms with van der Waals surface area (Å²) >= 11 is 0. The van der Waals surface area contributed by atoms with Crippen LogP contribution < -0.4 is 5.32 Å². The molecule has 0 spiro atoms. The van der Waals surface area contributed by atoms with E-state index in [-0.39, 0.29) is 17.5 Å². The minimum absolute atomic E-state index is 0.00994. The molecule has 0 aromatic heterocycles. The minimum Gasteiger partial charge on any atom is -0.351 e. The number of nitrogens with zero attached hydrogens (tertiary/aromatic N) is 1. The summed E-state index contributed by atoms with van der Waals surface area (Å²) in [6.45, 7) is 2.55. The number of carbonyl (C=O) groups excluding carboxylic acids is 1. The van der Waals surface area contributed by atoms with E-state index in [1.165, 1.54) is 12.1 Å². The topological polar surface area (TPSA) is 72.2 Å². The van der Waals surface area contributed by atoms with Crippen LogP contribution in [-0.4, -0.2) is 17.4 Å². The Morgan fingerprint density at radius 1 is 1.00 bits per heavy atom. The van der Waals surface area contributed by atoms with E-state index in [4.69, 9.17) is 0 Å². The first-order valence-electron chi connectivity index (χ1n) is 9.39. The van der Waals surface area contributed by atoms with E-state index in [0.29, 0.717) is 17.7 Å². The van der Waals surface area contributed by atoms with E-state index in [2.05, 4.69) is 12.2 Å². The number of nitrogens with one attached hydrogen (secondary N) is 1. The summed E-state index contributed by atoms with van der Waals surface area (Å²) in [5.74, 6) is -0.0551. The van der Waals surface area contributed by atoms with Crippen LogP contribution in [0.1, 0.15) is 29.5 Å². The van der Waals surface area contributed by atoms with Crippen LogP contribution in [-0.2, 0) is 4.79 Å². The fourth-order valence-corrected chi connectivity index (χ4v) is 3.03. The molecule has 0 saturated carbocycles. The summed E-state index contributed by atoms with van der Waals surface area (Å²) in [5.41, 5.74) is 2.96. The Balaban J connectivity index is 1.85. The maximum absolute atomic E-state index is 13.0. The van der Waals surface area contributed by atoms with Gasteiger partial charge in [0.05, 0.1) is 4.92 Å². The summed E-state index contributed by atoms with van der Waals surface area (Å²) in [6, 6.07) is 25.5. The number of carbonyl (C=O) groups is 1. The number of benzene rings is 3. The molecule has 1 atom stereocenters. The largest absolute Gasteiger partial charge is 0.351 e. The van der Waals surface area contributed by atoms with Crippen LogP contribution in [0.3, 0.4) is 0 Å². The van der Waals surface area contributed by atoms with E-state index in [0.717, 1.165) is 11.1 Å². The molecule has 1 N–H and O–H groups in total. The predicted octanol–water partition coefficient (Wildman–Crippen LogP) is 5.06. The molecule has 0 radical (unpaired) electrons. The lowest BCUT2D eigenvalue weighted by Gasteiger charge is -2.15. The zero-order chi connectivity index (χ0) is 20.6. The van der Waals surface area contributed by atoms with E-state index in [1.807, 2.05) is 60.7 Å². The standard InChI is InChI=1S/C24H22N2O3/c1-18(20-10-4-2-5-11-20)17-25-24(27)23(21-12-6-3-7-13-21)16-19-9-8-14-22(15-19)26(28)29/h2-16,18H,17H2,1H3,(H,25,27)/b23-16+. The molecule has 0 aliphatic carbocycles. The van der Waals surface area contributed by atoms with E-state index in [1.54, 1.807) is 18.2 Å². The van der Waals surface area contributed by atoms with E-state index >= 15 is 0 Å². The van der Waals surface area contributed by atoms with Gasteiger partial charge in [-0.3, -0.25) is 14.9 Å². The lowest BCUT2D eigenvalue weighted by molar-refractivity contribution is -0.384. The van der Waals surface area contributed by atoms with Crippen molar-refractivity contribution >= 4 is 23.2 Å². The molecule has 0 aliphatic heterocycles. The third-order valence-electron chi connectivity index (χ3n) is 4.66.